The first-order chi connectivity index (χ1) is 11.7. The fourth-order valence-corrected chi connectivity index (χ4v) is 3.13. The maximum absolute atomic E-state index is 12.5. The Bertz CT molecular complexity index is 841. The van der Waals surface area contributed by atoms with Crippen molar-refractivity contribution in [2.45, 2.75) is 25.9 Å². The van der Waals surface area contributed by atoms with E-state index in [1.54, 1.807) is 4.90 Å². The predicted octanol–water partition coefficient (Wildman–Crippen LogP) is 1.20. The molecule has 122 valence electrons. The number of aromatic amines is 1. The Kier molecular flexibility index (Phi) is 3.56. The summed E-state index contributed by atoms with van der Waals surface area (Å²) >= 11 is 0. The number of fused-ring (bicyclic) bond motifs is 1. The molecule has 1 N–H and O–H groups in total. The number of carbonyl (C=O) groups is 1. The maximum Gasteiger partial charge on any atom is 0.276 e. The summed E-state index contributed by atoms with van der Waals surface area (Å²) in [7, 11) is 0. The minimum absolute atomic E-state index is 0.110. The van der Waals surface area contributed by atoms with Crippen LogP contribution < -0.4 is 0 Å². The average Bonchev–Trinajstić information content (AvgIpc) is 3.25. The van der Waals surface area contributed by atoms with Crippen LogP contribution in [0.2, 0.25) is 0 Å². The van der Waals surface area contributed by atoms with Gasteiger partial charge in [-0.25, -0.2) is 0 Å². The van der Waals surface area contributed by atoms with Gasteiger partial charge in [0.15, 0.2) is 11.5 Å². The van der Waals surface area contributed by atoms with Gasteiger partial charge >= 0.3 is 0 Å². The summed E-state index contributed by atoms with van der Waals surface area (Å²) in [6, 6.07) is 10.3. The lowest BCUT2D eigenvalue weighted by Crippen LogP contribution is -2.41. The fourth-order valence-electron chi connectivity index (χ4n) is 3.13. The number of hydrogen-bond acceptors (Lipinski definition) is 5. The lowest BCUT2D eigenvalue weighted by molar-refractivity contribution is 0.0673. The normalized spacial score (nSPS) is 16.9. The number of amides is 1. The first kappa shape index (κ1) is 14.6. The Labute approximate surface area is 138 Å². The Hall–Kier alpha value is -3.03. The fraction of sp³-hybridized carbons (Fsp3) is 0.312. The zero-order chi connectivity index (χ0) is 16.5. The van der Waals surface area contributed by atoms with Gasteiger partial charge in [0.2, 0.25) is 0 Å². The number of H-pyrrole nitrogens is 1. The monoisotopic (exact) mass is 323 g/mol. The molecule has 3 aromatic rings. The van der Waals surface area contributed by atoms with Crippen molar-refractivity contribution >= 4 is 5.91 Å². The molecule has 0 radical (unpaired) electrons. The van der Waals surface area contributed by atoms with E-state index in [1.165, 1.54) is 11.8 Å². The molecule has 2 aromatic heterocycles. The van der Waals surface area contributed by atoms with Gasteiger partial charge in [0.25, 0.3) is 5.91 Å². The topological polar surface area (TPSA) is 92.6 Å². The van der Waals surface area contributed by atoms with Crippen molar-refractivity contribution in [3.8, 4) is 0 Å². The standard InChI is InChI=1S/C16H17N7O/c1-11-9-22(16(24)13-8-17-21-18-13)10-15-20-19-14(23(11)15)7-12-5-3-2-4-6-12/h2-6,8,11H,7,9-10H2,1H3,(H,17,18,21)/t11-/m0/s1. The van der Waals surface area contributed by atoms with E-state index < -0.39 is 0 Å². The number of nitrogens with one attached hydrogen (secondary N) is 1. The number of rotatable bonds is 3. The van der Waals surface area contributed by atoms with Crippen LogP contribution in [0.3, 0.4) is 0 Å². The number of carbonyl (C=O) groups excluding carboxylic acids is 1. The lowest BCUT2D eigenvalue weighted by atomic mass is 10.1. The van der Waals surface area contributed by atoms with Crippen molar-refractivity contribution < 1.29 is 4.79 Å². The first-order valence-corrected chi connectivity index (χ1v) is 7.84. The average molecular weight is 323 g/mol. The molecule has 8 heteroatoms. The van der Waals surface area contributed by atoms with E-state index in [9.17, 15) is 4.79 Å². The van der Waals surface area contributed by atoms with Crippen LogP contribution in [-0.4, -0.2) is 47.5 Å². The summed E-state index contributed by atoms with van der Waals surface area (Å²) in [6.07, 6.45) is 2.17. The van der Waals surface area contributed by atoms with E-state index in [0.717, 1.165) is 18.1 Å². The Morgan fingerprint density at radius 2 is 2.12 bits per heavy atom. The van der Waals surface area contributed by atoms with E-state index >= 15 is 0 Å². The first-order valence-electron chi connectivity index (χ1n) is 7.84. The summed E-state index contributed by atoms with van der Waals surface area (Å²) in [5, 5.41) is 18.7. The minimum atomic E-state index is -0.144. The molecule has 0 spiro atoms. The van der Waals surface area contributed by atoms with Gasteiger partial charge in [-0.1, -0.05) is 30.3 Å². The molecule has 0 fully saturated rings. The van der Waals surface area contributed by atoms with Gasteiger partial charge in [0.05, 0.1) is 18.8 Å². The third kappa shape index (κ3) is 2.55. The SMILES string of the molecule is C[C@H]1CN(C(=O)c2cn[nH]n2)Cc2nnc(Cc3ccccc3)n21. The molecule has 1 aliphatic rings. The molecule has 0 aliphatic carbocycles. The molecule has 3 heterocycles. The van der Waals surface area contributed by atoms with E-state index in [1.807, 2.05) is 18.2 Å². The lowest BCUT2D eigenvalue weighted by Gasteiger charge is -2.32. The summed E-state index contributed by atoms with van der Waals surface area (Å²) in [5.74, 6) is 1.59. The highest BCUT2D eigenvalue weighted by Gasteiger charge is 2.30. The van der Waals surface area contributed by atoms with Gasteiger partial charge in [-0.15, -0.1) is 10.2 Å². The zero-order valence-electron chi connectivity index (χ0n) is 13.3. The molecule has 24 heavy (non-hydrogen) atoms. The molecule has 0 saturated heterocycles. The van der Waals surface area contributed by atoms with Gasteiger partial charge < -0.3 is 9.47 Å². The molecule has 0 bridgehead atoms. The van der Waals surface area contributed by atoms with E-state index in [-0.39, 0.29) is 11.9 Å². The Morgan fingerprint density at radius 3 is 2.88 bits per heavy atom. The van der Waals surface area contributed by atoms with Crippen molar-refractivity contribution in [1.82, 2.24) is 35.1 Å². The highest BCUT2D eigenvalue weighted by molar-refractivity contribution is 5.91. The number of aromatic nitrogens is 6. The van der Waals surface area contributed by atoms with Gasteiger partial charge in [0.1, 0.15) is 5.82 Å². The molecule has 1 aliphatic heterocycles. The highest BCUT2D eigenvalue weighted by Crippen LogP contribution is 2.23. The zero-order valence-corrected chi connectivity index (χ0v) is 13.3. The van der Waals surface area contributed by atoms with Crippen molar-refractivity contribution in [1.29, 1.82) is 0 Å². The number of hydrogen-bond donors (Lipinski definition) is 1. The third-order valence-electron chi connectivity index (χ3n) is 4.22. The van der Waals surface area contributed by atoms with Crippen LogP contribution in [0.1, 0.15) is 40.7 Å². The van der Waals surface area contributed by atoms with E-state index in [2.05, 4.69) is 49.2 Å². The van der Waals surface area contributed by atoms with Gasteiger partial charge in [-0.2, -0.15) is 15.4 Å². The second kappa shape index (κ2) is 5.88. The number of nitrogens with zero attached hydrogens (tertiary/aromatic N) is 6. The molecule has 4 rings (SSSR count). The van der Waals surface area contributed by atoms with Crippen molar-refractivity contribution in [3.63, 3.8) is 0 Å². The van der Waals surface area contributed by atoms with Gasteiger partial charge in [0, 0.05) is 13.0 Å². The van der Waals surface area contributed by atoms with Crippen LogP contribution in [0.25, 0.3) is 0 Å². The molecular weight excluding hydrogens is 306 g/mol. The quantitative estimate of drug-likeness (QED) is 0.782. The second-order valence-electron chi connectivity index (χ2n) is 5.95. The maximum atomic E-state index is 12.5. The minimum Gasteiger partial charge on any atom is -0.328 e. The van der Waals surface area contributed by atoms with Crippen LogP contribution in [0, 0.1) is 0 Å². The molecule has 0 saturated carbocycles. The van der Waals surface area contributed by atoms with Crippen LogP contribution in [0.15, 0.2) is 36.5 Å². The molecule has 0 unspecified atom stereocenters. The smallest absolute Gasteiger partial charge is 0.276 e. The van der Waals surface area contributed by atoms with E-state index in [4.69, 9.17) is 0 Å². The molecular formula is C16H17N7O. The van der Waals surface area contributed by atoms with Crippen LogP contribution in [0.5, 0.6) is 0 Å². The molecule has 1 aromatic carbocycles. The third-order valence-corrected chi connectivity index (χ3v) is 4.22. The Balaban J connectivity index is 1.58. The van der Waals surface area contributed by atoms with Gasteiger partial charge in [-0.05, 0) is 12.5 Å². The summed E-state index contributed by atoms with van der Waals surface area (Å²) in [4.78, 5) is 14.2. The molecule has 8 nitrogen and oxygen atoms in total. The molecule has 1 amide bonds. The number of benzene rings is 1. The Morgan fingerprint density at radius 1 is 1.29 bits per heavy atom. The second-order valence-corrected chi connectivity index (χ2v) is 5.95. The highest BCUT2D eigenvalue weighted by atomic mass is 16.2. The van der Waals surface area contributed by atoms with Crippen molar-refractivity contribution in [2.75, 3.05) is 6.54 Å². The van der Waals surface area contributed by atoms with Crippen LogP contribution in [0.4, 0.5) is 0 Å². The largest absolute Gasteiger partial charge is 0.328 e. The molecule has 1 atom stereocenters. The van der Waals surface area contributed by atoms with Crippen LogP contribution in [-0.2, 0) is 13.0 Å². The van der Waals surface area contributed by atoms with Gasteiger partial charge in [-0.3, -0.25) is 4.79 Å². The van der Waals surface area contributed by atoms with Crippen molar-refractivity contribution in [3.05, 3.63) is 59.4 Å². The summed E-state index contributed by atoms with van der Waals surface area (Å²) in [6.45, 7) is 3.10. The van der Waals surface area contributed by atoms with Crippen molar-refractivity contribution in [2.24, 2.45) is 0 Å². The van der Waals surface area contributed by atoms with E-state index in [0.29, 0.717) is 18.8 Å². The predicted molar refractivity (Wildman–Crippen MR) is 85.1 cm³/mol. The van der Waals surface area contributed by atoms with Crippen LogP contribution >= 0.6 is 0 Å². The summed E-state index contributed by atoms with van der Waals surface area (Å²) in [5.41, 5.74) is 1.51. The summed E-state index contributed by atoms with van der Waals surface area (Å²) < 4.78 is 2.14.